The lowest BCUT2D eigenvalue weighted by Gasteiger charge is -2.19. The molecule has 0 aromatic carbocycles. The number of carbonyl (C=O) groups is 2. The van der Waals surface area contributed by atoms with Crippen LogP contribution in [0.15, 0.2) is 0 Å². The molecule has 0 bridgehead atoms. The van der Waals surface area contributed by atoms with E-state index >= 15 is 0 Å². The van der Waals surface area contributed by atoms with Crippen LogP contribution in [-0.4, -0.2) is 34.2 Å². The summed E-state index contributed by atoms with van der Waals surface area (Å²) in [6.07, 6.45) is 1.59. The van der Waals surface area contributed by atoms with Crippen LogP contribution in [0.4, 0.5) is 0 Å². The molecule has 3 N–H and O–H groups in total. The summed E-state index contributed by atoms with van der Waals surface area (Å²) in [4.78, 5) is 22.4. The second kappa shape index (κ2) is 4.82. The van der Waals surface area contributed by atoms with Crippen molar-refractivity contribution in [1.82, 2.24) is 5.32 Å². The monoisotopic (exact) mass is 229 g/mol. The number of amides is 1. The van der Waals surface area contributed by atoms with Crippen molar-refractivity contribution in [2.75, 3.05) is 6.54 Å². The number of hydrogen-bond acceptors (Lipinski definition) is 3. The Morgan fingerprint density at radius 1 is 1.31 bits per heavy atom. The van der Waals surface area contributed by atoms with Crippen LogP contribution >= 0.6 is 0 Å². The lowest BCUT2D eigenvalue weighted by Crippen LogP contribution is -2.40. The Morgan fingerprint density at radius 2 is 1.88 bits per heavy atom. The van der Waals surface area contributed by atoms with Crippen LogP contribution < -0.4 is 5.32 Å². The minimum absolute atomic E-state index is 0.147. The van der Waals surface area contributed by atoms with E-state index in [4.69, 9.17) is 5.11 Å². The third-order valence-corrected chi connectivity index (χ3v) is 2.85. The quantitative estimate of drug-likeness (QED) is 0.650. The maximum atomic E-state index is 11.6. The fourth-order valence-corrected chi connectivity index (χ4v) is 1.89. The van der Waals surface area contributed by atoms with Crippen LogP contribution in [0.25, 0.3) is 0 Å². The van der Waals surface area contributed by atoms with Crippen molar-refractivity contribution in [3.8, 4) is 0 Å². The van der Waals surface area contributed by atoms with Gasteiger partial charge < -0.3 is 15.5 Å². The number of carboxylic acids is 1. The zero-order valence-electron chi connectivity index (χ0n) is 9.69. The van der Waals surface area contributed by atoms with Crippen molar-refractivity contribution in [2.45, 2.75) is 38.7 Å². The van der Waals surface area contributed by atoms with Gasteiger partial charge in [-0.05, 0) is 33.1 Å². The molecule has 0 aromatic heterocycles. The van der Waals surface area contributed by atoms with Gasteiger partial charge in [0, 0.05) is 12.5 Å². The number of aliphatic carboxylic acids is 1. The van der Waals surface area contributed by atoms with E-state index in [9.17, 15) is 14.7 Å². The van der Waals surface area contributed by atoms with E-state index in [1.165, 1.54) is 0 Å². The highest BCUT2D eigenvalue weighted by atomic mass is 16.4. The number of aliphatic hydroxyl groups is 1. The Morgan fingerprint density at radius 3 is 2.31 bits per heavy atom. The van der Waals surface area contributed by atoms with Gasteiger partial charge in [-0.25, -0.2) is 0 Å². The molecule has 0 spiro atoms. The molecule has 2 unspecified atom stereocenters. The lowest BCUT2D eigenvalue weighted by atomic mass is 10.0. The lowest BCUT2D eigenvalue weighted by molar-refractivity contribution is -0.141. The SMILES string of the molecule is CC(C)(O)CNC(=O)C1CCC(C(=O)O)C1. The van der Waals surface area contributed by atoms with Gasteiger partial charge in [0.05, 0.1) is 11.5 Å². The van der Waals surface area contributed by atoms with E-state index < -0.39 is 17.5 Å². The van der Waals surface area contributed by atoms with Crippen LogP contribution in [0.1, 0.15) is 33.1 Å². The molecule has 5 nitrogen and oxygen atoms in total. The number of carboxylic acid groups (broad SMARTS) is 1. The van der Waals surface area contributed by atoms with Gasteiger partial charge in [-0.1, -0.05) is 0 Å². The molecular weight excluding hydrogens is 210 g/mol. The zero-order chi connectivity index (χ0) is 12.3. The molecule has 1 amide bonds. The number of carbonyl (C=O) groups excluding carboxylic acids is 1. The summed E-state index contributed by atoms with van der Waals surface area (Å²) >= 11 is 0. The van der Waals surface area contributed by atoms with Crippen molar-refractivity contribution >= 4 is 11.9 Å². The molecule has 0 radical (unpaired) electrons. The Hall–Kier alpha value is -1.10. The number of nitrogens with one attached hydrogen (secondary N) is 1. The molecule has 2 atom stereocenters. The standard InChI is InChI=1S/C11H19NO4/c1-11(2,16)6-12-9(13)7-3-4-8(5-7)10(14)15/h7-8,16H,3-6H2,1-2H3,(H,12,13)(H,14,15). The smallest absolute Gasteiger partial charge is 0.306 e. The second-order valence-corrected chi connectivity index (χ2v) is 5.08. The van der Waals surface area contributed by atoms with E-state index in [2.05, 4.69) is 5.32 Å². The summed E-state index contributed by atoms with van der Waals surface area (Å²) in [7, 11) is 0. The molecule has 16 heavy (non-hydrogen) atoms. The van der Waals surface area contributed by atoms with Gasteiger partial charge in [0.25, 0.3) is 0 Å². The van der Waals surface area contributed by atoms with Gasteiger partial charge in [-0.15, -0.1) is 0 Å². The Labute approximate surface area is 94.8 Å². The summed E-state index contributed by atoms with van der Waals surface area (Å²) in [6, 6.07) is 0. The average Bonchev–Trinajstić information content (AvgIpc) is 2.61. The maximum absolute atomic E-state index is 11.6. The molecule has 1 aliphatic carbocycles. The fraction of sp³-hybridized carbons (Fsp3) is 0.818. The molecule has 1 saturated carbocycles. The third-order valence-electron chi connectivity index (χ3n) is 2.85. The molecule has 5 heteroatoms. The third kappa shape index (κ3) is 3.81. The van der Waals surface area contributed by atoms with Gasteiger partial charge in [0.1, 0.15) is 0 Å². The zero-order valence-corrected chi connectivity index (χ0v) is 9.69. The molecular formula is C11H19NO4. The first kappa shape index (κ1) is 13.0. The Bertz CT molecular complexity index is 282. The summed E-state index contributed by atoms with van der Waals surface area (Å²) in [5, 5.41) is 20.9. The molecule has 0 saturated heterocycles. The molecule has 1 aliphatic rings. The van der Waals surface area contributed by atoms with Crippen molar-refractivity contribution in [1.29, 1.82) is 0 Å². The molecule has 0 aromatic rings. The molecule has 0 heterocycles. The topological polar surface area (TPSA) is 86.6 Å². The van der Waals surface area contributed by atoms with Crippen molar-refractivity contribution in [2.24, 2.45) is 11.8 Å². The van der Waals surface area contributed by atoms with E-state index in [-0.39, 0.29) is 18.4 Å². The van der Waals surface area contributed by atoms with Crippen LogP contribution in [0, 0.1) is 11.8 Å². The highest BCUT2D eigenvalue weighted by Gasteiger charge is 2.34. The van der Waals surface area contributed by atoms with Gasteiger partial charge in [0.15, 0.2) is 0 Å². The van der Waals surface area contributed by atoms with Crippen LogP contribution in [0.5, 0.6) is 0 Å². The normalized spacial score (nSPS) is 25.4. The first-order valence-corrected chi connectivity index (χ1v) is 5.52. The van der Waals surface area contributed by atoms with E-state index in [1.54, 1.807) is 13.8 Å². The van der Waals surface area contributed by atoms with E-state index in [0.717, 1.165) is 0 Å². The summed E-state index contributed by atoms with van der Waals surface area (Å²) in [6.45, 7) is 3.42. The van der Waals surface area contributed by atoms with Crippen molar-refractivity contribution < 1.29 is 19.8 Å². The second-order valence-electron chi connectivity index (χ2n) is 5.08. The minimum atomic E-state index is -0.930. The van der Waals surface area contributed by atoms with Gasteiger partial charge in [-0.3, -0.25) is 9.59 Å². The Kier molecular flexibility index (Phi) is 3.91. The largest absolute Gasteiger partial charge is 0.481 e. The van der Waals surface area contributed by atoms with Gasteiger partial charge in [0.2, 0.25) is 5.91 Å². The highest BCUT2D eigenvalue weighted by Crippen LogP contribution is 2.31. The molecule has 92 valence electrons. The van der Waals surface area contributed by atoms with Crippen LogP contribution in [-0.2, 0) is 9.59 Å². The van der Waals surface area contributed by atoms with Crippen molar-refractivity contribution in [3.63, 3.8) is 0 Å². The summed E-state index contributed by atoms with van der Waals surface area (Å²) in [5.41, 5.74) is -0.930. The fourth-order valence-electron chi connectivity index (χ4n) is 1.89. The summed E-state index contributed by atoms with van der Waals surface area (Å²) < 4.78 is 0. The van der Waals surface area contributed by atoms with Crippen LogP contribution in [0.3, 0.4) is 0 Å². The minimum Gasteiger partial charge on any atom is -0.481 e. The van der Waals surface area contributed by atoms with Crippen LogP contribution in [0.2, 0.25) is 0 Å². The predicted octanol–water partition coefficient (Wildman–Crippen LogP) is 0.374. The van der Waals surface area contributed by atoms with Gasteiger partial charge >= 0.3 is 5.97 Å². The Balaban J connectivity index is 2.37. The first-order valence-electron chi connectivity index (χ1n) is 5.52. The molecule has 1 fully saturated rings. The molecule has 0 aliphatic heterocycles. The van der Waals surface area contributed by atoms with E-state index in [0.29, 0.717) is 19.3 Å². The predicted molar refractivity (Wildman–Crippen MR) is 57.8 cm³/mol. The van der Waals surface area contributed by atoms with E-state index in [1.807, 2.05) is 0 Å². The maximum Gasteiger partial charge on any atom is 0.306 e. The molecule has 1 rings (SSSR count). The highest BCUT2D eigenvalue weighted by molar-refractivity contribution is 5.80. The average molecular weight is 229 g/mol. The number of rotatable bonds is 4. The van der Waals surface area contributed by atoms with Gasteiger partial charge in [-0.2, -0.15) is 0 Å². The van der Waals surface area contributed by atoms with Crippen molar-refractivity contribution in [3.05, 3.63) is 0 Å². The first-order chi connectivity index (χ1) is 7.29. The summed E-state index contributed by atoms with van der Waals surface area (Å²) in [5.74, 6) is -1.58. The number of hydrogen-bond donors (Lipinski definition) is 3.